The highest BCUT2D eigenvalue weighted by atomic mass is 32.1. The number of methoxy groups -OCH3 is 3. The number of nitrogens with zero attached hydrogens (tertiary/aromatic N) is 2. The molecule has 7 nitrogen and oxygen atoms in total. The molecule has 0 saturated heterocycles. The van der Waals surface area contributed by atoms with E-state index in [1.54, 1.807) is 50.9 Å². The van der Waals surface area contributed by atoms with Gasteiger partial charge in [-0.1, -0.05) is 6.07 Å². The normalized spacial score (nSPS) is 15.9. The number of hydrogen-bond acceptors (Lipinski definition) is 7. The van der Waals surface area contributed by atoms with Crippen LogP contribution in [0.4, 0.5) is 0 Å². The molecule has 0 aliphatic carbocycles. The third kappa shape index (κ3) is 3.36. The van der Waals surface area contributed by atoms with Gasteiger partial charge in [0.2, 0.25) is 5.75 Å². The Balaban J connectivity index is 1.78. The summed E-state index contributed by atoms with van der Waals surface area (Å²) in [5.74, 6) is 1.52. The maximum atomic E-state index is 13.0. The highest BCUT2D eigenvalue weighted by Crippen LogP contribution is 2.43. The number of furan rings is 1. The van der Waals surface area contributed by atoms with E-state index in [4.69, 9.17) is 18.6 Å². The molecule has 2 aromatic heterocycles. The zero-order chi connectivity index (χ0) is 20.4. The number of rotatable bonds is 6. The highest BCUT2D eigenvalue weighted by Gasteiger charge is 2.36. The SMILES string of the molecule is COc1ccc(C2=NN(C(=O)c3ccco3)[C@@H](c3cccs3)C2)c(OC)c1OC. The average Bonchev–Trinajstić information content (AvgIpc) is 3.52. The zero-order valence-electron chi connectivity index (χ0n) is 16.2. The maximum Gasteiger partial charge on any atom is 0.310 e. The summed E-state index contributed by atoms with van der Waals surface area (Å²) in [6.45, 7) is 0. The fourth-order valence-electron chi connectivity index (χ4n) is 3.40. The summed E-state index contributed by atoms with van der Waals surface area (Å²) < 4.78 is 21.8. The Bertz CT molecular complexity index is 1030. The van der Waals surface area contributed by atoms with Crippen molar-refractivity contribution < 1.29 is 23.4 Å². The van der Waals surface area contributed by atoms with Gasteiger partial charge in [-0.3, -0.25) is 4.79 Å². The minimum absolute atomic E-state index is 0.222. The van der Waals surface area contributed by atoms with Crippen molar-refractivity contribution in [3.8, 4) is 17.2 Å². The predicted octanol–water partition coefficient (Wildman–Crippen LogP) is 4.36. The van der Waals surface area contributed by atoms with Crippen molar-refractivity contribution in [2.75, 3.05) is 21.3 Å². The monoisotopic (exact) mass is 412 g/mol. The van der Waals surface area contributed by atoms with Gasteiger partial charge in [-0.15, -0.1) is 11.3 Å². The van der Waals surface area contributed by atoms with E-state index in [9.17, 15) is 4.79 Å². The molecule has 29 heavy (non-hydrogen) atoms. The van der Waals surface area contributed by atoms with Gasteiger partial charge in [-0.2, -0.15) is 5.10 Å². The Morgan fingerprint density at radius 2 is 1.93 bits per heavy atom. The molecule has 0 saturated carbocycles. The summed E-state index contributed by atoms with van der Waals surface area (Å²) >= 11 is 1.59. The Labute approximate surface area is 172 Å². The standard InChI is InChI=1S/C21H20N2O5S/c1-25-16-9-8-13(19(26-2)20(16)27-3)14-12-15(18-7-5-11-29-18)23(22-14)21(24)17-6-4-10-28-17/h4-11,15H,12H2,1-3H3/t15-/m1/s1. The molecular formula is C21H20N2O5S. The molecule has 1 aliphatic heterocycles. The Kier molecular flexibility index (Phi) is 5.26. The van der Waals surface area contributed by atoms with Gasteiger partial charge in [-0.25, -0.2) is 5.01 Å². The topological polar surface area (TPSA) is 73.5 Å². The molecule has 1 amide bonds. The lowest BCUT2D eigenvalue weighted by Crippen LogP contribution is -2.26. The molecule has 4 rings (SSSR count). The molecule has 1 aliphatic rings. The van der Waals surface area contributed by atoms with E-state index in [0.29, 0.717) is 23.7 Å². The summed E-state index contributed by atoms with van der Waals surface area (Å²) in [5.41, 5.74) is 1.47. The minimum atomic E-state index is -0.289. The molecule has 150 valence electrons. The Hall–Kier alpha value is -3.26. The van der Waals surface area contributed by atoms with Crippen molar-refractivity contribution in [3.05, 3.63) is 64.2 Å². The molecular weight excluding hydrogens is 392 g/mol. The van der Waals surface area contributed by atoms with Gasteiger partial charge in [0.25, 0.3) is 0 Å². The van der Waals surface area contributed by atoms with E-state index >= 15 is 0 Å². The summed E-state index contributed by atoms with van der Waals surface area (Å²) in [4.78, 5) is 14.1. The van der Waals surface area contributed by atoms with Crippen molar-refractivity contribution in [2.45, 2.75) is 12.5 Å². The van der Waals surface area contributed by atoms with E-state index in [1.807, 2.05) is 23.6 Å². The fraction of sp³-hybridized carbons (Fsp3) is 0.238. The molecule has 0 unspecified atom stereocenters. The van der Waals surface area contributed by atoms with Gasteiger partial charge in [0.1, 0.15) is 0 Å². The van der Waals surface area contributed by atoms with Crippen molar-refractivity contribution in [1.82, 2.24) is 5.01 Å². The quantitative estimate of drug-likeness (QED) is 0.602. The van der Waals surface area contributed by atoms with Crippen molar-refractivity contribution in [1.29, 1.82) is 0 Å². The first-order valence-electron chi connectivity index (χ1n) is 8.95. The van der Waals surface area contributed by atoms with Crippen LogP contribution in [-0.2, 0) is 0 Å². The van der Waals surface area contributed by atoms with Crippen molar-refractivity contribution in [3.63, 3.8) is 0 Å². The first-order valence-corrected chi connectivity index (χ1v) is 9.83. The highest BCUT2D eigenvalue weighted by molar-refractivity contribution is 7.10. The molecule has 8 heteroatoms. The average molecular weight is 412 g/mol. The van der Waals surface area contributed by atoms with Gasteiger partial charge in [0.05, 0.1) is 39.3 Å². The molecule has 1 aromatic carbocycles. The van der Waals surface area contributed by atoms with Crippen LogP contribution in [0.5, 0.6) is 17.2 Å². The summed E-state index contributed by atoms with van der Waals surface area (Å²) in [5, 5.41) is 8.13. The second-order valence-corrected chi connectivity index (χ2v) is 7.27. The van der Waals surface area contributed by atoms with E-state index < -0.39 is 0 Å². The minimum Gasteiger partial charge on any atom is -0.493 e. The largest absolute Gasteiger partial charge is 0.493 e. The van der Waals surface area contributed by atoms with Gasteiger partial charge in [-0.05, 0) is 35.7 Å². The third-order valence-corrected chi connectivity index (χ3v) is 5.71. The molecule has 0 bridgehead atoms. The predicted molar refractivity (Wildman–Crippen MR) is 109 cm³/mol. The van der Waals surface area contributed by atoms with Crippen LogP contribution >= 0.6 is 11.3 Å². The fourth-order valence-corrected chi connectivity index (χ4v) is 4.22. The van der Waals surface area contributed by atoms with Crippen molar-refractivity contribution >= 4 is 23.0 Å². The number of hydrogen-bond donors (Lipinski definition) is 0. The van der Waals surface area contributed by atoms with E-state index in [0.717, 1.165) is 16.2 Å². The summed E-state index contributed by atoms with van der Waals surface area (Å²) in [6, 6.07) is 10.7. The van der Waals surface area contributed by atoms with Crippen molar-refractivity contribution in [2.24, 2.45) is 5.10 Å². The van der Waals surface area contributed by atoms with Gasteiger partial charge in [0.15, 0.2) is 17.3 Å². The lowest BCUT2D eigenvalue weighted by molar-refractivity contribution is 0.0681. The number of ether oxygens (including phenoxy) is 3. The van der Waals surface area contributed by atoms with Crippen LogP contribution in [0, 0.1) is 0 Å². The van der Waals surface area contributed by atoms with Gasteiger partial charge >= 0.3 is 5.91 Å². The van der Waals surface area contributed by atoms with Crippen LogP contribution in [0.15, 0.2) is 57.6 Å². The van der Waals surface area contributed by atoms with E-state index in [-0.39, 0.29) is 17.7 Å². The van der Waals surface area contributed by atoms with Crippen LogP contribution in [0.1, 0.15) is 33.5 Å². The molecule has 0 radical (unpaired) electrons. The first-order chi connectivity index (χ1) is 14.2. The molecule has 0 spiro atoms. The number of thiophene rings is 1. The van der Waals surface area contributed by atoms with Gasteiger partial charge < -0.3 is 18.6 Å². The Morgan fingerprint density at radius 1 is 1.10 bits per heavy atom. The lowest BCUT2D eigenvalue weighted by Gasteiger charge is -2.19. The van der Waals surface area contributed by atoms with Crippen LogP contribution in [0.3, 0.4) is 0 Å². The van der Waals surface area contributed by atoms with Crippen LogP contribution in [0.25, 0.3) is 0 Å². The smallest absolute Gasteiger partial charge is 0.310 e. The number of carbonyl (C=O) groups is 1. The second kappa shape index (κ2) is 8.00. The molecule has 0 N–H and O–H groups in total. The van der Waals surface area contributed by atoms with Crippen LogP contribution in [0.2, 0.25) is 0 Å². The van der Waals surface area contributed by atoms with E-state index in [1.165, 1.54) is 11.3 Å². The first kappa shape index (κ1) is 19.1. The molecule has 1 atom stereocenters. The molecule has 3 aromatic rings. The second-order valence-electron chi connectivity index (χ2n) is 6.29. The maximum absolute atomic E-state index is 13.0. The number of hydrazone groups is 1. The Morgan fingerprint density at radius 3 is 2.55 bits per heavy atom. The molecule has 0 fully saturated rings. The number of benzene rings is 1. The van der Waals surface area contributed by atoms with Crippen LogP contribution < -0.4 is 14.2 Å². The van der Waals surface area contributed by atoms with E-state index in [2.05, 4.69) is 5.10 Å². The lowest BCUT2D eigenvalue weighted by atomic mass is 10.0. The van der Waals surface area contributed by atoms with Crippen LogP contribution in [-0.4, -0.2) is 38.0 Å². The van der Waals surface area contributed by atoms with Gasteiger partial charge in [0, 0.05) is 16.9 Å². The number of amides is 1. The number of carbonyl (C=O) groups excluding carboxylic acids is 1. The summed E-state index contributed by atoms with van der Waals surface area (Å²) in [7, 11) is 4.70. The molecule has 3 heterocycles. The summed E-state index contributed by atoms with van der Waals surface area (Å²) in [6.07, 6.45) is 2.02. The third-order valence-electron chi connectivity index (χ3n) is 4.74. The zero-order valence-corrected chi connectivity index (χ0v) is 17.1.